The highest BCUT2D eigenvalue weighted by atomic mass is 32.1. The monoisotopic (exact) mass is 437 g/mol. The molecule has 0 aliphatic heterocycles. The quantitative estimate of drug-likeness (QED) is 0.332. The van der Waals surface area contributed by atoms with Gasteiger partial charge in [0.2, 0.25) is 0 Å². The summed E-state index contributed by atoms with van der Waals surface area (Å²) in [5.74, 6) is -2.50. The molecule has 7 nitrogen and oxygen atoms in total. The molecular weight excluding hydrogens is 425 g/mol. The predicted octanol–water partition coefficient (Wildman–Crippen LogP) is 5.70. The minimum atomic E-state index is -1.27. The summed E-state index contributed by atoms with van der Waals surface area (Å²) in [5.41, 5.74) is 0.316. The van der Waals surface area contributed by atoms with Crippen molar-refractivity contribution < 1.29 is 33.0 Å². The number of carboxylic acid groups (broad SMARTS) is 1. The van der Waals surface area contributed by atoms with Crippen molar-refractivity contribution in [3.8, 4) is 16.4 Å². The smallest absolute Gasteiger partial charge is 0.339 e. The molecule has 5 rings (SSSR count). The number of aromatic carboxylic acids is 1. The number of hydrogen-bond acceptors (Lipinski definition) is 6. The highest BCUT2D eigenvalue weighted by Gasteiger charge is 2.25. The maximum atomic E-state index is 13.9. The molecule has 3 aromatic heterocycles. The lowest BCUT2D eigenvalue weighted by atomic mass is 10.1. The molecular formula is C22H12FNO6S. The van der Waals surface area contributed by atoms with Gasteiger partial charge in [-0.05, 0) is 24.3 Å². The van der Waals surface area contributed by atoms with Crippen molar-refractivity contribution in [1.29, 1.82) is 0 Å². The number of carbonyl (C=O) groups excluding carboxylic acids is 1. The predicted molar refractivity (Wildman–Crippen MR) is 112 cm³/mol. The molecule has 0 aliphatic carbocycles. The molecule has 2 aromatic carbocycles. The van der Waals surface area contributed by atoms with Crippen LogP contribution in [0.3, 0.4) is 0 Å². The number of nitrogens with one attached hydrogen (secondary N) is 1. The standard InChI is InChI=1S/C22H12FNO6S/c23-12-4-2-6-15-11(12)8-17(29-15)21(26)24-13-9-31-20(18(13)22(27)28)16-7-10-3-1-5-14(25)19(10)30-16/h1-9,25H,(H,24,26)(H,27,28). The first-order valence-corrected chi connectivity index (χ1v) is 9.86. The summed E-state index contributed by atoms with van der Waals surface area (Å²) < 4.78 is 24.9. The number of halogens is 1. The maximum absolute atomic E-state index is 13.9. The van der Waals surface area contributed by atoms with Crippen LogP contribution >= 0.6 is 11.3 Å². The Morgan fingerprint density at radius 3 is 2.61 bits per heavy atom. The maximum Gasteiger partial charge on any atom is 0.339 e. The van der Waals surface area contributed by atoms with E-state index < -0.39 is 17.7 Å². The molecule has 0 spiro atoms. The van der Waals surface area contributed by atoms with Crippen LogP contribution in [0.5, 0.6) is 5.75 Å². The molecule has 0 saturated carbocycles. The Hall–Kier alpha value is -4.11. The molecule has 3 N–H and O–H groups in total. The van der Waals surface area contributed by atoms with E-state index in [1.165, 1.54) is 35.7 Å². The summed E-state index contributed by atoms with van der Waals surface area (Å²) in [4.78, 5) is 24.9. The Labute approximate surface area is 176 Å². The average molecular weight is 437 g/mol. The van der Waals surface area contributed by atoms with E-state index in [-0.39, 0.29) is 50.0 Å². The molecule has 0 unspecified atom stereocenters. The number of hydrogen-bond donors (Lipinski definition) is 3. The molecule has 0 fully saturated rings. The van der Waals surface area contributed by atoms with E-state index in [0.29, 0.717) is 5.39 Å². The van der Waals surface area contributed by atoms with E-state index in [4.69, 9.17) is 8.83 Å². The largest absolute Gasteiger partial charge is 0.504 e. The van der Waals surface area contributed by atoms with Crippen molar-refractivity contribution in [2.24, 2.45) is 0 Å². The van der Waals surface area contributed by atoms with Crippen molar-refractivity contribution in [2.45, 2.75) is 0 Å². The van der Waals surface area contributed by atoms with Crippen molar-refractivity contribution in [3.63, 3.8) is 0 Å². The van der Waals surface area contributed by atoms with Gasteiger partial charge in [-0.3, -0.25) is 4.79 Å². The summed E-state index contributed by atoms with van der Waals surface area (Å²) in [5, 5.41) is 24.4. The van der Waals surface area contributed by atoms with Gasteiger partial charge in [-0.1, -0.05) is 18.2 Å². The highest BCUT2D eigenvalue weighted by molar-refractivity contribution is 7.14. The van der Waals surface area contributed by atoms with Crippen LogP contribution in [0.25, 0.3) is 32.6 Å². The number of phenols is 1. The van der Waals surface area contributed by atoms with Crippen LogP contribution in [0.15, 0.2) is 62.7 Å². The second-order valence-corrected chi connectivity index (χ2v) is 7.56. The Bertz CT molecular complexity index is 1490. The number of carbonyl (C=O) groups is 2. The summed E-state index contributed by atoms with van der Waals surface area (Å²) in [7, 11) is 0. The van der Waals surface area contributed by atoms with Crippen molar-refractivity contribution in [2.75, 3.05) is 5.32 Å². The third-order valence-electron chi connectivity index (χ3n) is 4.73. The number of carboxylic acids is 1. The number of thiophene rings is 1. The molecule has 154 valence electrons. The SMILES string of the molecule is O=C(Nc1csc(-c2cc3cccc(O)c3o2)c1C(=O)O)c1cc2c(F)cccc2o1. The van der Waals surface area contributed by atoms with Crippen LogP contribution < -0.4 is 5.32 Å². The van der Waals surface area contributed by atoms with Crippen molar-refractivity contribution in [1.82, 2.24) is 0 Å². The zero-order valence-corrected chi connectivity index (χ0v) is 16.3. The highest BCUT2D eigenvalue weighted by Crippen LogP contribution is 2.40. The van der Waals surface area contributed by atoms with Crippen LogP contribution in [0.1, 0.15) is 20.9 Å². The zero-order valence-electron chi connectivity index (χ0n) is 15.5. The minimum Gasteiger partial charge on any atom is -0.504 e. The normalized spacial score (nSPS) is 11.3. The number of anilines is 1. The summed E-state index contributed by atoms with van der Waals surface area (Å²) in [6, 6.07) is 11.9. The first-order valence-electron chi connectivity index (χ1n) is 8.98. The molecule has 0 bridgehead atoms. The number of furan rings is 2. The summed E-state index contributed by atoms with van der Waals surface area (Å²) in [6.07, 6.45) is 0. The fourth-order valence-electron chi connectivity index (χ4n) is 3.32. The summed E-state index contributed by atoms with van der Waals surface area (Å²) >= 11 is 1.06. The van der Waals surface area contributed by atoms with Crippen LogP contribution in [0.2, 0.25) is 0 Å². The molecule has 9 heteroatoms. The van der Waals surface area contributed by atoms with Gasteiger partial charge in [-0.15, -0.1) is 11.3 Å². The lowest BCUT2D eigenvalue weighted by Gasteiger charge is -2.03. The van der Waals surface area contributed by atoms with Gasteiger partial charge in [0.25, 0.3) is 5.91 Å². The van der Waals surface area contributed by atoms with Crippen LogP contribution in [-0.4, -0.2) is 22.1 Å². The second kappa shape index (κ2) is 6.99. The van der Waals surface area contributed by atoms with Gasteiger partial charge in [-0.2, -0.15) is 0 Å². The Morgan fingerprint density at radius 1 is 1.06 bits per heavy atom. The van der Waals surface area contributed by atoms with Crippen molar-refractivity contribution >= 4 is 50.8 Å². The van der Waals surface area contributed by atoms with E-state index >= 15 is 0 Å². The molecule has 0 saturated heterocycles. The van der Waals surface area contributed by atoms with Crippen LogP contribution in [0.4, 0.5) is 10.1 Å². The number of phenolic OH excluding ortho intramolecular Hbond substituents is 1. The van der Waals surface area contributed by atoms with Gasteiger partial charge < -0.3 is 24.4 Å². The Kier molecular flexibility index (Phi) is 4.26. The molecule has 0 atom stereocenters. The zero-order chi connectivity index (χ0) is 21.7. The Morgan fingerprint density at radius 2 is 1.87 bits per heavy atom. The molecule has 1 amide bonds. The third kappa shape index (κ3) is 3.11. The van der Waals surface area contributed by atoms with Gasteiger partial charge in [0, 0.05) is 16.8 Å². The average Bonchev–Trinajstić information content (AvgIpc) is 3.44. The summed E-state index contributed by atoms with van der Waals surface area (Å²) in [6.45, 7) is 0. The van der Waals surface area contributed by atoms with Gasteiger partial charge in [0.05, 0.1) is 16.0 Å². The fraction of sp³-hybridized carbons (Fsp3) is 0. The second-order valence-electron chi connectivity index (χ2n) is 6.68. The molecule has 0 radical (unpaired) electrons. The molecule has 3 heterocycles. The number of para-hydroxylation sites is 1. The molecule has 5 aromatic rings. The number of fused-ring (bicyclic) bond motifs is 2. The van der Waals surface area contributed by atoms with Crippen LogP contribution in [-0.2, 0) is 0 Å². The van der Waals surface area contributed by atoms with E-state index in [1.54, 1.807) is 18.2 Å². The molecule has 0 aliphatic rings. The fourth-order valence-corrected chi connectivity index (χ4v) is 4.27. The van der Waals surface area contributed by atoms with Gasteiger partial charge in [0.15, 0.2) is 17.1 Å². The Balaban J connectivity index is 1.53. The van der Waals surface area contributed by atoms with E-state index in [2.05, 4.69) is 5.32 Å². The topological polar surface area (TPSA) is 113 Å². The minimum absolute atomic E-state index is 0.0445. The number of benzene rings is 2. The van der Waals surface area contributed by atoms with Gasteiger partial charge >= 0.3 is 5.97 Å². The van der Waals surface area contributed by atoms with E-state index in [0.717, 1.165) is 11.3 Å². The van der Waals surface area contributed by atoms with Crippen molar-refractivity contribution in [3.05, 3.63) is 71.1 Å². The van der Waals surface area contributed by atoms with Gasteiger partial charge in [-0.25, -0.2) is 9.18 Å². The first kappa shape index (κ1) is 18.9. The third-order valence-corrected chi connectivity index (χ3v) is 5.73. The number of rotatable bonds is 4. The first-order chi connectivity index (χ1) is 14.9. The lowest BCUT2D eigenvalue weighted by molar-refractivity contribution is 0.0699. The van der Waals surface area contributed by atoms with E-state index in [1.807, 2.05) is 0 Å². The van der Waals surface area contributed by atoms with E-state index in [9.17, 15) is 24.2 Å². The van der Waals surface area contributed by atoms with Gasteiger partial charge in [0.1, 0.15) is 22.7 Å². The molecule has 31 heavy (non-hydrogen) atoms. The lowest BCUT2D eigenvalue weighted by Crippen LogP contribution is -2.13. The number of aromatic hydroxyl groups is 1. The van der Waals surface area contributed by atoms with Crippen LogP contribution in [0, 0.1) is 5.82 Å². The number of amides is 1.